The van der Waals surface area contributed by atoms with Crippen molar-refractivity contribution in [1.29, 1.82) is 0 Å². The van der Waals surface area contributed by atoms with E-state index in [0.717, 1.165) is 41.9 Å². The van der Waals surface area contributed by atoms with E-state index in [4.69, 9.17) is 14.6 Å². The fourth-order valence-corrected chi connectivity index (χ4v) is 5.09. The molecule has 0 unspecified atom stereocenters. The first-order valence-electron chi connectivity index (χ1n) is 9.79. The first kappa shape index (κ1) is 17.0. The van der Waals surface area contributed by atoms with Crippen LogP contribution in [0, 0.1) is 0 Å². The van der Waals surface area contributed by atoms with E-state index >= 15 is 0 Å². The van der Waals surface area contributed by atoms with E-state index in [1.54, 1.807) is 11.3 Å². The van der Waals surface area contributed by atoms with Gasteiger partial charge in [0.1, 0.15) is 0 Å². The van der Waals surface area contributed by atoms with E-state index in [1.807, 2.05) is 23.5 Å². The first-order chi connectivity index (χ1) is 13.2. The molecule has 0 spiro atoms. The molecule has 1 aliphatic heterocycles. The van der Waals surface area contributed by atoms with Gasteiger partial charge in [0.25, 0.3) is 5.95 Å². The molecule has 0 aromatic carbocycles. The standard InChI is InChI=1S/C18H25N7OS/c1-23(2)16-20-15(26-22-16)13-7-9-24(10-8-13)18-21-25-11-14(19-17(25)27-18)12-5-3-4-6-12/h11-13H,3-10H2,1-2H3. The minimum absolute atomic E-state index is 0.334. The van der Waals surface area contributed by atoms with Gasteiger partial charge < -0.3 is 14.3 Å². The SMILES string of the molecule is CN(C)c1noc(C2CCN(c3nn4cc(C5CCCC5)nc4s3)CC2)n1. The maximum atomic E-state index is 5.46. The van der Waals surface area contributed by atoms with Crippen LogP contribution in [-0.4, -0.2) is 51.9 Å². The second-order valence-corrected chi connectivity index (χ2v) is 8.78. The van der Waals surface area contributed by atoms with Crippen molar-refractivity contribution in [3.63, 3.8) is 0 Å². The van der Waals surface area contributed by atoms with Crippen LogP contribution in [0.4, 0.5) is 11.1 Å². The number of fused-ring (bicyclic) bond motifs is 1. The zero-order valence-electron chi connectivity index (χ0n) is 15.8. The number of piperidine rings is 1. The Morgan fingerprint density at radius 2 is 1.85 bits per heavy atom. The summed E-state index contributed by atoms with van der Waals surface area (Å²) in [6.45, 7) is 1.91. The second-order valence-electron chi connectivity index (χ2n) is 7.85. The van der Waals surface area contributed by atoms with Crippen LogP contribution >= 0.6 is 11.3 Å². The lowest BCUT2D eigenvalue weighted by atomic mass is 9.97. The molecule has 0 atom stereocenters. The largest absolute Gasteiger partial charge is 0.347 e. The molecule has 27 heavy (non-hydrogen) atoms. The smallest absolute Gasteiger partial charge is 0.265 e. The Bertz CT molecular complexity index is 884. The molecule has 1 saturated carbocycles. The van der Waals surface area contributed by atoms with E-state index in [-0.39, 0.29) is 0 Å². The third-order valence-corrected chi connectivity index (χ3v) is 6.75. The predicted molar refractivity (Wildman–Crippen MR) is 105 cm³/mol. The van der Waals surface area contributed by atoms with Crippen molar-refractivity contribution in [1.82, 2.24) is 24.7 Å². The van der Waals surface area contributed by atoms with Crippen LogP contribution in [0.5, 0.6) is 0 Å². The van der Waals surface area contributed by atoms with Crippen LogP contribution in [-0.2, 0) is 0 Å². The third kappa shape index (κ3) is 3.18. The molecule has 1 aliphatic carbocycles. The van der Waals surface area contributed by atoms with Crippen molar-refractivity contribution < 1.29 is 4.52 Å². The van der Waals surface area contributed by atoms with Gasteiger partial charge in [0.2, 0.25) is 16.0 Å². The van der Waals surface area contributed by atoms with Crippen LogP contribution in [0.15, 0.2) is 10.7 Å². The summed E-state index contributed by atoms with van der Waals surface area (Å²) in [4.78, 5) is 14.6. The second kappa shape index (κ2) is 6.78. The molecule has 8 nitrogen and oxygen atoms in total. The quantitative estimate of drug-likeness (QED) is 0.680. The van der Waals surface area contributed by atoms with Gasteiger partial charge in [-0.25, -0.2) is 9.50 Å². The molecule has 0 radical (unpaired) electrons. The van der Waals surface area contributed by atoms with Crippen LogP contribution in [0.3, 0.4) is 0 Å². The van der Waals surface area contributed by atoms with E-state index in [1.165, 1.54) is 31.4 Å². The molecule has 4 heterocycles. The van der Waals surface area contributed by atoms with Gasteiger partial charge in [-0.3, -0.25) is 0 Å². The topological polar surface area (TPSA) is 75.6 Å². The fourth-order valence-electron chi connectivity index (χ4n) is 4.14. The first-order valence-corrected chi connectivity index (χ1v) is 10.6. The number of aromatic nitrogens is 5. The summed E-state index contributed by atoms with van der Waals surface area (Å²) in [7, 11) is 3.85. The van der Waals surface area contributed by atoms with Gasteiger partial charge in [0.15, 0.2) is 0 Å². The van der Waals surface area contributed by atoms with Gasteiger partial charge in [-0.05, 0) is 30.8 Å². The summed E-state index contributed by atoms with van der Waals surface area (Å²) >= 11 is 1.70. The minimum Gasteiger partial charge on any atom is -0.347 e. The van der Waals surface area contributed by atoms with E-state index in [0.29, 0.717) is 17.8 Å². The molecule has 9 heteroatoms. The highest BCUT2D eigenvalue weighted by molar-refractivity contribution is 7.20. The summed E-state index contributed by atoms with van der Waals surface area (Å²) in [5.74, 6) is 2.38. The van der Waals surface area contributed by atoms with E-state index in [2.05, 4.69) is 21.2 Å². The number of hydrogen-bond acceptors (Lipinski definition) is 8. The van der Waals surface area contributed by atoms with Crippen LogP contribution in [0.25, 0.3) is 4.96 Å². The highest BCUT2D eigenvalue weighted by Gasteiger charge is 2.28. The lowest BCUT2D eigenvalue weighted by molar-refractivity contribution is 0.329. The van der Waals surface area contributed by atoms with Gasteiger partial charge >= 0.3 is 0 Å². The van der Waals surface area contributed by atoms with Crippen LogP contribution < -0.4 is 9.80 Å². The summed E-state index contributed by atoms with van der Waals surface area (Å²) < 4.78 is 7.43. The maximum absolute atomic E-state index is 5.46. The molecule has 0 bridgehead atoms. The Kier molecular flexibility index (Phi) is 4.26. The number of hydrogen-bond donors (Lipinski definition) is 0. The molecular weight excluding hydrogens is 362 g/mol. The molecule has 2 aliphatic rings. The average Bonchev–Trinajstić information content (AvgIpc) is 3.44. The third-order valence-electron chi connectivity index (χ3n) is 5.77. The van der Waals surface area contributed by atoms with Crippen molar-refractivity contribution in [2.24, 2.45) is 0 Å². The van der Waals surface area contributed by atoms with Gasteiger partial charge in [0, 0.05) is 39.0 Å². The lowest BCUT2D eigenvalue weighted by Crippen LogP contribution is -2.33. The molecule has 0 N–H and O–H groups in total. The van der Waals surface area contributed by atoms with Crippen LogP contribution in [0.1, 0.15) is 61.9 Å². The Labute approximate surface area is 162 Å². The van der Waals surface area contributed by atoms with Crippen molar-refractivity contribution in [3.05, 3.63) is 17.8 Å². The Hall–Kier alpha value is -2.16. The van der Waals surface area contributed by atoms with Crippen LogP contribution in [0.2, 0.25) is 0 Å². The number of nitrogens with zero attached hydrogens (tertiary/aromatic N) is 7. The van der Waals surface area contributed by atoms with E-state index in [9.17, 15) is 0 Å². The predicted octanol–water partition coefficient (Wildman–Crippen LogP) is 3.28. The molecule has 3 aromatic heterocycles. The molecular formula is C18H25N7OS. The normalized spacial score (nSPS) is 19.4. The fraction of sp³-hybridized carbons (Fsp3) is 0.667. The van der Waals surface area contributed by atoms with Crippen molar-refractivity contribution in [2.45, 2.75) is 50.4 Å². The zero-order chi connectivity index (χ0) is 18.4. The van der Waals surface area contributed by atoms with E-state index < -0.39 is 0 Å². The molecule has 5 rings (SSSR count). The number of anilines is 2. The van der Waals surface area contributed by atoms with Gasteiger partial charge in [-0.15, -0.1) is 5.10 Å². The van der Waals surface area contributed by atoms with Gasteiger partial charge in [-0.2, -0.15) is 4.98 Å². The summed E-state index contributed by atoms with van der Waals surface area (Å²) in [5, 5.41) is 9.89. The Morgan fingerprint density at radius 3 is 2.52 bits per heavy atom. The highest BCUT2D eigenvalue weighted by atomic mass is 32.1. The minimum atomic E-state index is 0.334. The molecule has 1 saturated heterocycles. The molecule has 2 fully saturated rings. The summed E-state index contributed by atoms with van der Waals surface area (Å²) in [6, 6.07) is 0. The Balaban J connectivity index is 1.25. The van der Waals surface area contributed by atoms with Crippen molar-refractivity contribution in [2.75, 3.05) is 37.0 Å². The molecule has 0 amide bonds. The van der Waals surface area contributed by atoms with Crippen molar-refractivity contribution in [3.8, 4) is 0 Å². The summed E-state index contributed by atoms with van der Waals surface area (Å²) in [5.41, 5.74) is 1.23. The average molecular weight is 388 g/mol. The van der Waals surface area contributed by atoms with Gasteiger partial charge in [-0.1, -0.05) is 24.2 Å². The van der Waals surface area contributed by atoms with Crippen molar-refractivity contribution >= 4 is 27.4 Å². The Morgan fingerprint density at radius 1 is 1.07 bits per heavy atom. The number of imidazole rings is 1. The molecule has 144 valence electrons. The summed E-state index contributed by atoms with van der Waals surface area (Å²) in [6.07, 6.45) is 9.36. The zero-order valence-corrected chi connectivity index (χ0v) is 16.7. The molecule has 3 aromatic rings. The highest BCUT2D eigenvalue weighted by Crippen LogP contribution is 2.36. The lowest BCUT2D eigenvalue weighted by Gasteiger charge is -2.29. The van der Waals surface area contributed by atoms with Gasteiger partial charge in [0.05, 0.1) is 11.9 Å². The number of rotatable bonds is 4. The monoisotopic (exact) mass is 387 g/mol. The maximum Gasteiger partial charge on any atom is 0.265 e.